The van der Waals surface area contributed by atoms with Crippen molar-refractivity contribution in [3.05, 3.63) is 58.7 Å². The Bertz CT molecular complexity index is 1640. The van der Waals surface area contributed by atoms with Gasteiger partial charge >= 0.3 is 18.1 Å². The number of phenolic OH excluding ortho intramolecular Hbond substituents is 1. The van der Waals surface area contributed by atoms with Crippen LogP contribution in [0.4, 0.5) is 15.3 Å². The molecule has 0 saturated carbocycles. The Labute approximate surface area is 333 Å². The molecule has 0 aromatic heterocycles. The molecular weight excluding hydrogens is 713 g/mol. The number of nitrogens with zero attached hydrogens (tertiary/aromatic N) is 5. The van der Waals surface area contributed by atoms with Crippen LogP contribution in [0.5, 0.6) is 5.75 Å². The number of hydrogen-bond donors (Lipinski definition) is 2. The van der Waals surface area contributed by atoms with Gasteiger partial charge in [-0.25, -0.2) is 9.59 Å². The molecule has 2 aromatic rings. The van der Waals surface area contributed by atoms with Gasteiger partial charge in [0.05, 0.1) is 13.0 Å². The first-order chi connectivity index (χ1) is 26.4. The number of aromatic hydroxyl groups is 1. The van der Waals surface area contributed by atoms with E-state index in [1.807, 2.05) is 73.9 Å². The fraction of sp³-hybridized carbons (Fsp3) is 0.628. The zero-order chi connectivity index (χ0) is 39.1. The Kier molecular flexibility index (Phi) is 15.0. The van der Waals surface area contributed by atoms with Crippen LogP contribution in [0.3, 0.4) is 0 Å². The molecule has 0 bridgehead atoms. The van der Waals surface area contributed by atoms with Crippen LogP contribution in [0.1, 0.15) is 75.6 Å². The molecule has 1 atom stereocenters. The minimum Gasteiger partial charge on any atom is -0.507 e. The van der Waals surface area contributed by atoms with Crippen LogP contribution in [-0.2, 0) is 31.9 Å². The number of phenols is 1. The Morgan fingerprint density at radius 3 is 2.16 bits per heavy atom. The van der Waals surface area contributed by atoms with Crippen molar-refractivity contribution in [3.63, 3.8) is 0 Å². The maximum absolute atomic E-state index is 14.2. The number of nitrogens with one attached hydrogen (secondary N) is 1. The summed E-state index contributed by atoms with van der Waals surface area (Å²) in [6.07, 6.45) is 3.14. The van der Waals surface area contributed by atoms with Gasteiger partial charge in [-0.05, 0) is 93.3 Å². The number of rotatable bonds is 11. The van der Waals surface area contributed by atoms with Crippen LogP contribution in [0.25, 0.3) is 0 Å². The molecule has 56 heavy (non-hydrogen) atoms. The van der Waals surface area contributed by atoms with E-state index in [1.54, 1.807) is 4.90 Å². The number of amides is 4. The second-order valence-corrected chi connectivity index (χ2v) is 16.2. The molecule has 13 heteroatoms. The molecule has 0 radical (unpaired) electrons. The van der Waals surface area contributed by atoms with Gasteiger partial charge in [0.1, 0.15) is 5.75 Å². The zero-order valence-electron chi connectivity index (χ0n) is 33.1. The third kappa shape index (κ3) is 10.9. The van der Waals surface area contributed by atoms with Crippen LogP contribution in [0, 0.1) is 19.8 Å². The molecule has 2 aromatic carbocycles. The summed E-state index contributed by atoms with van der Waals surface area (Å²) in [6.45, 7) is 14.8. The molecule has 4 heterocycles. The zero-order valence-corrected chi connectivity index (χ0v) is 33.1. The van der Waals surface area contributed by atoms with Gasteiger partial charge in [0, 0.05) is 76.5 Å². The van der Waals surface area contributed by atoms with E-state index in [4.69, 9.17) is 9.47 Å². The van der Waals surface area contributed by atoms with Gasteiger partial charge < -0.3 is 39.5 Å². The van der Waals surface area contributed by atoms with Crippen molar-refractivity contribution in [2.24, 2.45) is 5.92 Å². The van der Waals surface area contributed by atoms with Gasteiger partial charge in [0.25, 0.3) is 5.91 Å². The Morgan fingerprint density at radius 2 is 1.50 bits per heavy atom. The third-order valence-corrected chi connectivity index (χ3v) is 11.7. The number of piperazine rings is 1. The van der Waals surface area contributed by atoms with E-state index in [0.717, 1.165) is 68.8 Å². The van der Waals surface area contributed by atoms with Gasteiger partial charge in [-0.1, -0.05) is 51.6 Å². The van der Waals surface area contributed by atoms with Crippen molar-refractivity contribution in [2.45, 2.75) is 98.3 Å². The lowest BCUT2D eigenvalue weighted by Crippen LogP contribution is -2.56. The molecule has 3 saturated heterocycles. The van der Waals surface area contributed by atoms with Gasteiger partial charge in [0.2, 0.25) is 0 Å². The molecule has 2 N–H and O–H groups in total. The Balaban J connectivity index is 0.00000600. The summed E-state index contributed by atoms with van der Waals surface area (Å²) in [5, 5.41) is 13.4. The quantitative estimate of drug-likeness (QED) is 0.286. The second kappa shape index (κ2) is 19.7. The van der Waals surface area contributed by atoms with E-state index >= 15 is 0 Å². The summed E-state index contributed by atoms with van der Waals surface area (Å²) in [5.74, 6) is 0.219. The number of esters is 1. The lowest BCUT2D eigenvalue weighted by Gasteiger charge is -2.43. The second-order valence-electron chi connectivity index (χ2n) is 16.2. The highest BCUT2D eigenvalue weighted by Crippen LogP contribution is 2.27. The normalized spacial score (nSPS) is 19.4. The fourth-order valence-corrected chi connectivity index (χ4v) is 8.45. The maximum Gasteiger partial charge on any atom is 0.410 e. The standard InChI is InChI=1S/C42H60N6O7.CH4/c1-29(2)28-54-38(49)14-17-44-15-10-34(11-16-44)45-21-23-46(24-22-45)40(51)37(27-32-25-30(3)39(50)31(4)26-32)55-42(53)47-18-12-35(13-19-47)48-20-9-33-7-5-6-8-36(33)43-41(48)52;/h5-8,25-26,29,34-35,37,50H,9-24,27-28H2,1-4H3,(H,43,52);1H4/t37-;/m1./s1. The van der Waals surface area contributed by atoms with E-state index in [-0.39, 0.29) is 43.5 Å². The average molecular weight is 777 g/mol. The number of piperidine rings is 2. The summed E-state index contributed by atoms with van der Waals surface area (Å²) < 4.78 is 11.4. The molecule has 4 amide bonds. The molecule has 308 valence electrons. The highest BCUT2D eigenvalue weighted by molar-refractivity contribution is 5.91. The highest BCUT2D eigenvalue weighted by Gasteiger charge is 2.36. The van der Waals surface area contributed by atoms with Gasteiger partial charge in [0.15, 0.2) is 6.10 Å². The van der Waals surface area contributed by atoms with Crippen LogP contribution in [0.15, 0.2) is 36.4 Å². The monoisotopic (exact) mass is 776 g/mol. The predicted molar refractivity (Wildman–Crippen MR) is 217 cm³/mol. The average Bonchev–Trinajstić information content (AvgIpc) is 3.36. The fourth-order valence-electron chi connectivity index (χ4n) is 8.45. The lowest BCUT2D eigenvalue weighted by molar-refractivity contribution is -0.145. The Hall–Kier alpha value is -4.36. The molecule has 3 fully saturated rings. The van der Waals surface area contributed by atoms with E-state index in [9.17, 15) is 24.3 Å². The number of urea groups is 1. The number of para-hydroxylation sites is 1. The van der Waals surface area contributed by atoms with Crippen LogP contribution in [0.2, 0.25) is 0 Å². The van der Waals surface area contributed by atoms with E-state index in [0.29, 0.717) is 81.7 Å². The molecule has 4 aliphatic rings. The largest absolute Gasteiger partial charge is 0.507 e. The Morgan fingerprint density at radius 1 is 0.857 bits per heavy atom. The number of anilines is 1. The van der Waals surface area contributed by atoms with E-state index < -0.39 is 12.2 Å². The first kappa shape index (κ1) is 42.8. The van der Waals surface area contributed by atoms with Crippen LogP contribution in [-0.4, -0.2) is 144 Å². The summed E-state index contributed by atoms with van der Waals surface area (Å²) in [4.78, 5) is 63.3. The SMILES string of the molecule is C.Cc1cc(C[C@@H](OC(=O)N2CCC(N3CCc4ccccc4NC3=O)CC2)C(=O)N2CCN(C3CCN(CCC(=O)OCC(C)C)CC3)CC2)cc(C)c1O. The maximum atomic E-state index is 14.2. The van der Waals surface area contributed by atoms with Crippen LogP contribution >= 0.6 is 0 Å². The smallest absolute Gasteiger partial charge is 0.410 e. The number of carbonyl (C=O) groups excluding carboxylic acids is 4. The van der Waals surface area contributed by atoms with E-state index in [2.05, 4.69) is 15.1 Å². The topological polar surface area (TPSA) is 135 Å². The van der Waals surface area contributed by atoms with Crippen molar-refractivity contribution in [2.75, 3.05) is 77.4 Å². The molecule has 6 rings (SSSR count). The van der Waals surface area contributed by atoms with Crippen molar-refractivity contribution in [1.82, 2.24) is 24.5 Å². The van der Waals surface area contributed by atoms with Crippen molar-refractivity contribution < 1.29 is 33.8 Å². The van der Waals surface area contributed by atoms with Crippen molar-refractivity contribution >= 4 is 29.7 Å². The molecular formula is C43H64N6O7. The molecule has 4 aliphatic heterocycles. The first-order valence-corrected chi connectivity index (χ1v) is 20.3. The van der Waals surface area contributed by atoms with E-state index in [1.165, 1.54) is 0 Å². The summed E-state index contributed by atoms with van der Waals surface area (Å²) >= 11 is 0. The van der Waals surface area contributed by atoms with Gasteiger partial charge in [-0.15, -0.1) is 0 Å². The van der Waals surface area contributed by atoms with Gasteiger partial charge in [-0.2, -0.15) is 0 Å². The molecule has 0 spiro atoms. The van der Waals surface area contributed by atoms with Crippen molar-refractivity contribution in [3.8, 4) is 5.75 Å². The first-order valence-electron chi connectivity index (χ1n) is 20.3. The number of fused-ring (bicyclic) bond motifs is 1. The van der Waals surface area contributed by atoms with Gasteiger partial charge in [-0.3, -0.25) is 14.5 Å². The minimum absolute atomic E-state index is 0. The predicted octanol–water partition coefficient (Wildman–Crippen LogP) is 5.45. The van der Waals surface area contributed by atoms with Crippen molar-refractivity contribution in [1.29, 1.82) is 0 Å². The summed E-state index contributed by atoms with van der Waals surface area (Å²) in [6, 6.07) is 11.9. The number of hydrogen-bond acceptors (Lipinski definition) is 9. The number of benzene rings is 2. The number of carbonyl (C=O) groups is 4. The number of aryl methyl sites for hydroxylation is 2. The minimum atomic E-state index is -1.01. The summed E-state index contributed by atoms with van der Waals surface area (Å²) in [5.41, 5.74) is 4.21. The number of likely N-dealkylation sites (tertiary alicyclic amines) is 2. The lowest BCUT2D eigenvalue weighted by atomic mass is 10.00. The molecule has 13 nitrogen and oxygen atoms in total. The van der Waals surface area contributed by atoms with Crippen LogP contribution < -0.4 is 5.32 Å². The highest BCUT2D eigenvalue weighted by atomic mass is 16.6. The third-order valence-electron chi connectivity index (χ3n) is 11.7. The summed E-state index contributed by atoms with van der Waals surface area (Å²) in [7, 11) is 0. The molecule has 0 aliphatic carbocycles. The number of ether oxygens (including phenoxy) is 2. The molecule has 0 unspecified atom stereocenters.